The minimum atomic E-state index is -0.470. The number of carbonyl (C=O) groups excluding carboxylic acids is 1. The van der Waals surface area contributed by atoms with Gasteiger partial charge in [-0.15, -0.1) is 0 Å². The van der Waals surface area contributed by atoms with Crippen LogP contribution in [0.2, 0.25) is 0 Å². The Hall–Kier alpha value is -1.58. The molecule has 0 aromatic carbocycles. The highest BCUT2D eigenvalue weighted by Crippen LogP contribution is 2.12. The summed E-state index contributed by atoms with van der Waals surface area (Å²) in [5.41, 5.74) is 0.531. The number of nitrogens with zero attached hydrogens (tertiary/aromatic N) is 1. The van der Waals surface area contributed by atoms with Gasteiger partial charge in [0.2, 0.25) is 0 Å². The predicted molar refractivity (Wildman–Crippen MR) is 62.0 cm³/mol. The molecule has 0 aliphatic rings. The van der Waals surface area contributed by atoms with Crippen molar-refractivity contribution in [1.82, 2.24) is 10.3 Å². The molecule has 0 aliphatic carbocycles. The lowest BCUT2D eigenvalue weighted by Crippen LogP contribution is -2.34. The molecule has 0 bridgehead atoms. The third-order valence-corrected chi connectivity index (χ3v) is 1.94. The van der Waals surface area contributed by atoms with Crippen LogP contribution in [0.5, 0.6) is 0 Å². The van der Waals surface area contributed by atoms with Crippen LogP contribution in [0.4, 0.5) is 4.79 Å². The molecule has 1 heterocycles. The van der Waals surface area contributed by atoms with E-state index in [-0.39, 0.29) is 6.04 Å². The van der Waals surface area contributed by atoms with Crippen LogP contribution in [0.25, 0.3) is 0 Å². The standard InChI is InChI=1S/C12H18N2O2/c1-9(10-5-7-13-8-6-10)14-11(15)16-12(2,3)4/h5-9H,1-4H3,(H,14,15)/t9-/m0/s1. The van der Waals surface area contributed by atoms with Gasteiger partial charge < -0.3 is 10.1 Å². The Morgan fingerprint density at radius 1 is 1.38 bits per heavy atom. The number of amides is 1. The van der Waals surface area contributed by atoms with Gasteiger partial charge in [-0.2, -0.15) is 0 Å². The van der Waals surface area contributed by atoms with Crippen molar-refractivity contribution in [3.63, 3.8) is 0 Å². The number of ether oxygens (including phenoxy) is 1. The molecule has 88 valence electrons. The minimum absolute atomic E-state index is 0.0853. The second kappa shape index (κ2) is 4.96. The van der Waals surface area contributed by atoms with Crippen molar-refractivity contribution in [1.29, 1.82) is 0 Å². The zero-order chi connectivity index (χ0) is 12.2. The van der Waals surface area contributed by atoms with Gasteiger partial charge in [-0.05, 0) is 45.4 Å². The number of hydrogen-bond acceptors (Lipinski definition) is 3. The average Bonchev–Trinajstić information content (AvgIpc) is 2.16. The van der Waals surface area contributed by atoms with Gasteiger partial charge in [0.25, 0.3) is 0 Å². The van der Waals surface area contributed by atoms with E-state index in [1.807, 2.05) is 39.8 Å². The first kappa shape index (κ1) is 12.5. The molecule has 1 aromatic heterocycles. The molecule has 0 aliphatic heterocycles. The third-order valence-electron chi connectivity index (χ3n) is 1.94. The molecule has 0 saturated carbocycles. The third kappa shape index (κ3) is 4.29. The summed E-state index contributed by atoms with van der Waals surface area (Å²) in [5, 5.41) is 2.76. The molecule has 0 fully saturated rings. The van der Waals surface area contributed by atoms with Gasteiger partial charge in [-0.25, -0.2) is 4.79 Å². The summed E-state index contributed by atoms with van der Waals surface area (Å²) in [6.07, 6.45) is 2.99. The highest BCUT2D eigenvalue weighted by atomic mass is 16.6. The van der Waals surface area contributed by atoms with Crippen LogP contribution in [0.3, 0.4) is 0 Å². The van der Waals surface area contributed by atoms with E-state index >= 15 is 0 Å². The average molecular weight is 222 g/mol. The molecular weight excluding hydrogens is 204 g/mol. The summed E-state index contributed by atoms with van der Waals surface area (Å²) in [5.74, 6) is 0. The van der Waals surface area contributed by atoms with Crippen LogP contribution in [-0.4, -0.2) is 16.7 Å². The molecule has 16 heavy (non-hydrogen) atoms. The Morgan fingerprint density at radius 3 is 2.44 bits per heavy atom. The Kier molecular flexibility index (Phi) is 3.88. The summed E-state index contributed by atoms with van der Waals surface area (Å²) < 4.78 is 5.16. The van der Waals surface area contributed by atoms with Crippen LogP contribution < -0.4 is 5.32 Å². The van der Waals surface area contributed by atoms with E-state index in [9.17, 15) is 4.79 Å². The lowest BCUT2D eigenvalue weighted by atomic mass is 10.1. The molecule has 0 spiro atoms. The first-order valence-corrected chi connectivity index (χ1v) is 5.28. The molecule has 4 nitrogen and oxygen atoms in total. The largest absolute Gasteiger partial charge is 0.444 e. The molecule has 1 N–H and O–H groups in total. The van der Waals surface area contributed by atoms with Gasteiger partial charge >= 0.3 is 6.09 Å². The number of rotatable bonds is 2. The van der Waals surface area contributed by atoms with E-state index in [1.54, 1.807) is 12.4 Å². The van der Waals surface area contributed by atoms with Crippen molar-refractivity contribution >= 4 is 6.09 Å². The van der Waals surface area contributed by atoms with Gasteiger partial charge in [0, 0.05) is 12.4 Å². The molecule has 1 rings (SSSR count). The molecule has 1 atom stereocenters. The Balaban J connectivity index is 2.52. The zero-order valence-electron chi connectivity index (χ0n) is 10.2. The van der Waals surface area contributed by atoms with Crippen LogP contribution in [0.1, 0.15) is 39.3 Å². The summed E-state index contributed by atoms with van der Waals surface area (Å²) in [7, 11) is 0. The van der Waals surface area contributed by atoms with E-state index in [4.69, 9.17) is 4.74 Å². The number of carbonyl (C=O) groups is 1. The number of hydrogen-bond donors (Lipinski definition) is 1. The highest BCUT2D eigenvalue weighted by Gasteiger charge is 2.17. The molecule has 0 unspecified atom stereocenters. The van der Waals surface area contributed by atoms with Crippen molar-refractivity contribution in [3.05, 3.63) is 30.1 Å². The number of aromatic nitrogens is 1. The highest BCUT2D eigenvalue weighted by molar-refractivity contribution is 5.68. The lowest BCUT2D eigenvalue weighted by Gasteiger charge is -2.22. The SMILES string of the molecule is C[C@H](NC(=O)OC(C)(C)C)c1ccncc1. The summed E-state index contributed by atoms with van der Waals surface area (Å²) in [4.78, 5) is 15.4. The molecule has 1 aromatic rings. The fourth-order valence-electron chi connectivity index (χ4n) is 1.22. The Labute approximate surface area is 96.0 Å². The molecule has 0 saturated heterocycles. The molecular formula is C12H18N2O2. The first-order chi connectivity index (χ1) is 7.38. The van der Waals surface area contributed by atoms with Crippen molar-refractivity contribution in [2.75, 3.05) is 0 Å². The van der Waals surface area contributed by atoms with E-state index in [0.717, 1.165) is 5.56 Å². The second-order valence-electron chi connectivity index (χ2n) is 4.65. The Bertz CT molecular complexity index is 344. The quantitative estimate of drug-likeness (QED) is 0.837. The van der Waals surface area contributed by atoms with E-state index < -0.39 is 11.7 Å². The van der Waals surface area contributed by atoms with Crippen molar-refractivity contribution < 1.29 is 9.53 Å². The maximum atomic E-state index is 11.5. The summed E-state index contributed by atoms with van der Waals surface area (Å²) >= 11 is 0. The zero-order valence-corrected chi connectivity index (χ0v) is 10.2. The number of nitrogens with one attached hydrogen (secondary N) is 1. The topological polar surface area (TPSA) is 51.2 Å². The van der Waals surface area contributed by atoms with Crippen LogP contribution in [-0.2, 0) is 4.74 Å². The van der Waals surface area contributed by atoms with Crippen LogP contribution >= 0.6 is 0 Å². The predicted octanol–water partition coefficient (Wildman–Crippen LogP) is 2.67. The van der Waals surface area contributed by atoms with Gasteiger partial charge in [0.15, 0.2) is 0 Å². The van der Waals surface area contributed by atoms with Gasteiger partial charge in [0.05, 0.1) is 6.04 Å². The molecule has 1 amide bonds. The molecule has 0 radical (unpaired) electrons. The van der Waals surface area contributed by atoms with Crippen molar-refractivity contribution in [2.24, 2.45) is 0 Å². The van der Waals surface area contributed by atoms with Crippen molar-refractivity contribution in [2.45, 2.75) is 39.3 Å². The molecule has 4 heteroatoms. The maximum absolute atomic E-state index is 11.5. The number of pyridine rings is 1. The smallest absolute Gasteiger partial charge is 0.408 e. The summed E-state index contributed by atoms with van der Waals surface area (Å²) in [6.45, 7) is 7.41. The van der Waals surface area contributed by atoms with Gasteiger partial charge in [-0.3, -0.25) is 4.98 Å². The van der Waals surface area contributed by atoms with E-state index in [1.165, 1.54) is 0 Å². The van der Waals surface area contributed by atoms with Gasteiger partial charge in [0.1, 0.15) is 5.60 Å². The van der Waals surface area contributed by atoms with Crippen LogP contribution in [0, 0.1) is 0 Å². The maximum Gasteiger partial charge on any atom is 0.408 e. The summed E-state index contributed by atoms with van der Waals surface area (Å²) in [6, 6.07) is 3.64. The number of alkyl carbamates (subject to hydrolysis) is 1. The van der Waals surface area contributed by atoms with Crippen molar-refractivity contribution in [3.8, 4) is 0 Å². The Morgan fingerprint density at radius 2 is 1.94 bits per heavy atom. The van der Waals surface area contributed by atoms with Crippen LogP contribution in [0.15, 0.2) is 24.5 Å². The normalized spacial score (nSPS) is 13.0. The fourth-order valence-corrected chi connectivity index (χ4v) is 1.22. The van der Waals surface area contributed by atoms with E-state index in [0.29, 0.717) is 0 Å². The monoisotopic (exact) mass is 222 g/mol. The first-order valence-electron chi connectivity index (χ1n) is 5.28. The van der Waals surface area contributed by atoms with Gasteiger partial charge in [-0.1, -0.05) is 0 Å². The lowest BCUT2D eigenvalue weighted by molar-refractivity contribution is 0.0508. The minimum Gasteiger partial charge on any atom is -0.444 e. The fraction of sp³-hybridized carbons (Fsp3) is 0.500. The second-order valence-corrected chi connectivity index (χ2v) is 4.65. The van der Waals surface area contributed by atoms with E-state index in [2.05, 4.69) is 10.3 Å².